The standard InChI is InChI=1S/C22H20F2N2O2/c23-20-9-7-16(13-21(20)24)8-10-22(27)26-14-17-4-3-6-19(12-17)28-15-18-5-1-2-11-25-18/h1-7,9,11-13H,8,10,14-15H2,(H,26,27). The zero-order chi connectivity index (χ0) is 19.8. The van der Waals surface area contributed by atoms with Gasteiger partial charge < -0.3 is 10.1 Å². The van der Waals surface area contributed by atoms with Gasteiger partial charge in [0.05, 0.1) is 5.69 Å². The van der Waals surface area contributed by atoms with Crippen LogP contribution in [0, 0.1) is 11.6 Å². The Labute approximate surface area is 162 Å². The van der Waals surface area contributed by atoms with Crippen LogP contribution in [0.15, 0.2) is 66.9 Å². The number of amides is 1. The highest BCUT2D eigenvalue weighted by atomic mass is 19.2. The Morgan fingerprint density at radius 3 is 2.64 bits per heavy atom. The van der Waals surface area contributed by atoms with Crippen LogP contribution in [-0.4, -0.2) is 10.9 Å². The smallest absolute Gasteiger partial charge is 0.220 e. The molecule has 0 saturated carbocycles. The first-order valence-corrected chi connectivity index (χ1v) is 8.92. The van der Waals surface area contributed by atoms with Crippen LogP contribution < -0.4 is 10.1 Å². The molecule has 3 aromatic rings. The number of nitrogens with zero attached hydrogens (tertiary/aromatic N) is 1. The number of aryl methyl sites for hydroxylation is 1. The average molecular weight is 382 g/mol. The molecule has 1 heterocycles. The second kappa shape index (κ2) is 9.60. The van der Waals surface area contributed by atoms with Gasteiger partial charge in [-0.05, 0) is 53.9 Å². The van der Waals surface area contributed by atoms with E-state index in [1.807, 2.05) is 42.5 Å². The molecule has 0 bridgehead atoms. The van der Waals surface area contributed by atoms with Crippen molar-refractivity contribution in [1.29, 1.82) is 0 Å². The minimum absolute atomic E-state index is 0.162. The minimum Gasteiger partial charge on any atom is -0.487 e. The maximum atomic E-state index is 13.2. The molecule has 0 atom stereocenters. The summed E-state index contributed by atoms with van der Waals surface area (Å²) in [6.07, 6.45) is 2.25. The van der Waals surface area contributed by atoms with Gasteiger partial charge in [0.1, 0.15) is 12.4 Å². The average Bonchev–Trinajstić information content (AvgIpc) is 2.73. The molecular formula is C22H20F2N2O2. The molecule has 4 nitrogen and oxygen atoms in total. The van der Waals surface area contributed by atoms with Crippen LogP contribution in [0.1, 0.15) is 23.2 Å². The fourth-order valence-electron chi connectivity index (χ4n) is 2.63. The Balaban J connectivity index is 1.46. The topological polar surface area (TPSA) is 51.2 Å². The molecule has 3 rings (SSSR count). The Hall–Kier alpha value is -3.28. The molecule has 28 heavy (non-hydrogen) atoms. The number of nitrogens with one attached hydrogen (secondary N) is 1. The van der Waals surface area contributed by atoms with Crippen LogP contribution >= 0.6 is 0 Å². The van der Waals surface area contributed by atoms with Gasteiger partial charge >= 0.3 is 0 Å². The van der Waals surface area contributed by atoms with Crippen LogP contribution in [0.5, 0.6) is 5.75 Å². The molecule has 0 aliphatic rings. The molecule has 2 aromatic carbocycles. The molecule has 0 unspecified atom stereocenters. The normalized spacial score (nSPS) is 10.5. The third-order valence-corrected chi connectivity index (χ3v) is 4.13. The molecular weight excluding hydrogens is 362 g/mol. The number of halogens is 2. The predicted molar refractivity (Wildman–Crippen MR) is 102 cm³/mol. The van der Waals surface area contributed by atoms with E-state index in [2.05, 4.69) is 10.3 Å². The number of hydrogen-bond acceptors (Lipinski definition) is 3. The molecule has 0 radical (unpaired) electrons. The fourth-order valence-corrected chi connectivity index (χ4v) is 2.63. The lowest BCUT2D eigenvalue weighted by Gasteiger charge is -2.09. The summed E-state index contributed by atoms with van der Waals surface area (Å²) in [6.45, 7) is 0.724. The van der Waals surface area contributed by atoms with E-state index in [0.29, 0.717) is 30.9 Å². The van der Waals surface area contributed by atoms with Crippen molar-refractivity contribution >= 4 is 5.91 Å². The second-order valence-corrected chi connectivity index (χ2v) is 6.28. The van der Waals surface area contributed by atoms with E-state index in [9.17, 15) is 13.6 Å². The number of ether oxygens (including phenoxy) is 1. The fraction of sp³-hybridized carbons (Fsp3) is 0.182. The molecule has 0 saturated heterocycles. The Kier molecular flexibility index (Phi) is 6.68. The summed E-state index contributed by atoms with van der Waals surface area (Å²) in [4.78, 5) is 16.2. The quantitative estimate of drug-likeness (QED) is 0.636. The second-order valence-electron chi connectivity index (χ2n) is 6.28. The van der Waals surface area contributed by atoms with Gasteiger partial charge in [0.25, 0.3) is 0 Å². The van der Waals surface area contributed by atoms with Crippen molar-refractivity contribution < 1.29 is 18.3 Å². The lowest BCUT2D eigenvalue weighted by atomic mass is 10.1. The van der Waals surface area contributed by atoms with E-state index in [1.54, 1.807) is 6.20 Å². The van der Waals surface area contributed by atoms with Crippen molar-refractivity contribution in [2.75, 3.05) is 0 Å². The number of benzene rings is 2. The van der Waals surface area contributed by atoms with Gasteiger partial charge in [0, 0.05) is 19.2 Å². The first-order chi connectivity index (χ1) is 13.6. The monoisotopic (exact) mass is 382 g/mol. The van der Waals surface area contributed by atoms with Crippen molar-refractivity contribution in [3.8, 4) is 5.75 Å². The molecule has 1 N–H and O–H groups in total. The minimum atomic E-state index is -0.902. The van der Waals surface area contributed by atoms with Crippen molar-refractivity contribution in [3.63, 3.8) is 0 Å². The van der Waals surface area contributed by atoms with Crippen molar-refractivity contribution in [2.45, 2.75) is 26.0 Å². The molecule has 0 aliphatic carbocycles. The van der Waals surface area contributed by atoms with Crippen LogP contribution in [-0.2, 0) is 24.4 Å². The number of carbonyl (C=O) groups is 1. The van der Waals surface area contributed by atoms with Crippen LogP contribution in [0.4, 0.5) is 8.78 Å². The number of hydrogen-bond donors (Lipinski definition) is 1. The third kappa shape index (κ3) is 5.87. The molecule has 1 aromatic heterocycles. The van der Waals surface area contributed by atoms with Crippen molar-refractivity contribution in [2.24, 2.45) is 0 Å². The van der Waals surface area contributed by atoms with Gasteiger partial charge in [0.2, 0.25) is 5.91 Å². The number of pyridine rings is 1. The summed E-state index contributed by atoms with van der Waals surface area (Å²) >= 11 is 0. The van der Waals surface area contributed by atoms with E-state index < -0.39 is 11.6 Å². The zero-order valence-electron chi connectivity index (χ0n) is 15.2. The van der Waals surface area contributed by atoms with Gasteiger partial charge in [-0.1, -0.05) is 24.3 Å². The highest BCUT2D eigenvalue weighted by Gasteiger charge is 2.06. The predicted octanol–water partition coefficient (Wildman–Crippen LogP) is 4.19. The Morgan fingerprint density at radius 1 is 0.964 bits per heavy atom. The van der Waals surface area contributed by atoms with Gasteiger partial charge in [-0.2, -0.15) is 0 Å². The lowest BCUT2D eigenvalue weighted by molar-refractivity contribution is -0.121. The van der Waals surface area contributed by atoms with Crippen LogP contribution in [0.25, 0.3) is 0 Å². The largest absolute Gasteiger partial charge is 0.487 e. The molecule has 6 heteroatoms. The number of aromatic nitrogens is 1. The first-order valence-electron chi connectivity index (χ1n) is 8.92. The SMILES string of the molecule is O=C(CCc1ccc(F)c(F)c1)NCc1cccc(OCc2ccccn2)c1. The third-order valence-electron chi connectivity index (χ3n) is 4.13. The van der Waals surface area contributed by atoms with E-state index in [-0.39, 0.29) is 12.3 Å². The van der Waals surface area contributed by atoms with Crippen LogP contribution in [0.2, 0.25) is 0 Å². The van der Waals surface area contributed by atoms with Crippen molar-refractivity contribution in [3.05, 3.63) is 95.3 Å². The van der Waals surface area contributed by atoms with Gasteiger partial charge in [-0.25, -0.2) is 8.78 Å². The summed E-state index contributed by atoms with van der Waals surface area (Å²) in [5.41, 5.74) is 2.32. The van der Waals surface area contributed by atoms with Gasteiger partial charge in [0.15, 0.2) is 11.6 Å². The number of carbonyl (C=O) groups excluding carboxylic acids is 1. The lowest BCUT2D eigenvalue weighted by Crippen LogP contribution is -2.23. The number of rotatable bonds is 8. The van der Waals surface area contributed by atoms with E-state index >= 15 is 0 Å². The summed E-state index contributed by atoms with van der Waals surface area (Å²) in [5, 5.41) is 2.82. The summed E-state index contributed by atoms with van der Waals surface area (Å²) in [5.74, 6) is -1.26. The zero-order valence-corrected chi connectivity index (χ0v) is 15.2. The first kappa shape index (κ1) is 19.5. The Morgan fingerprint density at radius 2 is 1.86 bits per heavy atom. The van der Waals surface area contributed by atoms with E-state index in [0.717, 1.165) is 23.4 Å². The summed E-state index contributed by atoms with van der Waals surface area (Å²) in [7, 11) is 0. The van der Waals surface area contributed by atoms with Gasteiger partial charge in [-0.3, -0.25) is 9.78 Å². The van der Waals surface area contributed by atoms with E-state index in [1.165, 1.54) is 6.07 Å². The molecule has 0 aliphatic heterocycles. The molecule has 1 amide bonds. The Bertz CT molecular complexity index is 933. The maximum absolute atomic E-state index is 13.2. The summed E-state index contributed by atoms with van der Waals surface area (Å²) < 4.78 is 31.8. The van der Waals surface area contributed by atoms with E-state index in [4.69, 9.17) is 4.74 Å². The molecule has 144 valence electrons. The van der Waals surface area contributed by atoms with Crippen LogP contribution in [0.3, 0.4) is 0 Å². The van der Waals surface area contributed by atoms with Crippen molar-refractivity contribution in [1.82, 2.24) is 10.3 Å². The summed E-state index contributed by atoms with van der Waals surface area (Å²) in [6, 6.07) is 16.8. The molecule has 0 spiro atoms. The molecule has 0 fully saturated rings. The highest BCUT2D eigenvalue weighted by Crippen LogP contribution is 2.15. The maximum Gasteiger partial charge on any atom is 0.220 e. The highest BCUT2D eigenvalue weighted by molar-refractivity contribution is 5.76. The van der Waals surface area contributed by atoms with Gasteiger partial charge in [-0.15, -0.1) is 0 Å².